The predicted molar refractivity (Wildman–Crippen MR) is 123 cm³/mol. The summed E-state index contributed by atoms with van der Waals surface area (Å²) in [6.45, 7) is 4.46. The zero-order chi connectivity index (χ0) is 22.5. The van der Waals surface area contributed by atoms with E-state index >= 15 is 0 Å². The molecule has 0 radical (unpaired) electrons. The van der Waals surface area contributed by atoms with E-state index in [-0.39, 0.29) is 29.8 Å². The number of primary amides is 1. The second-order valence-electron chi connectivity index (χ2n) is 9.31. The highest BCUT2D eigenvalue weighted by Gasteiger charge is 2.31. The van der Waals surface area contributed by atoms with Crippen molar-refractivity contribution in [2.45, 2.75) is 57.5 Å². The zero-order valence-corrected chi connectivity index (χ0v) is 18.8. The van der Waals surface area contributed by atoms with Gasteiger partial charge in [-0.25, -0.2) is 4.79 Å². The van der Waals surface area contributed by atoms with Crippen LogP contribution in [0.5, 0.6) is 0 Å². The molecule has 3 fully saturated rings. The van der Waals surface area contributed by atoms with E-state index in [0.717, 1.165) is 69.4 Å². The number of nitrogens with one attached hydrogen (secondary N) is 1. The Labute approximate surface area is 190 Å². The van der Waals surface area contributed by atoms with Crippen molar-refractivity contribution in [3.05, 3.63) is 29.8 Å². The fourth-order valence-electron chi connectivity index (χ4n) is 5.22. The number of nitrogens with zero attached hydrogens (tertiary/aromatic N) is 3. The molecule has 3 heterocycles. The monoisotopic (exact) mass is 441 g/mol. The molecule has 8 nitrogen and oxygen atoms in total. The van der Waals surface area contributed by atoms with Gasteiger partial charge in [0.05, 0.1) is 6.04 Å². The minimum absolute atomic E-state index is 0.0409. The van der Waals surface area contributed by atoms with Crippen molar-refractivity contribution in [3.8, 4) is 0 Å². The molecule has 1 atom stereocenters. The first-order chi connectivity index (χ1) is 15.5. The first-order valence-electron chi connectivity index (χ1n) is 12.0. The van der Waals surface area contributed by atoms with E-state index in [4.69, 9.17) is 5.73 Å². The summed E-state index contributed by atoms with van der Waals surface area (Å²) in [7, 11) is 0. The predicted octanol–water partition coefficient (Wildman–Crippen LogP) is 2.39. The minimum Gasteiger partial charge on any atom is -0.368 e. The Morgan fingerprint density at radius 2 is 1.66 bits per heavy atom. The fraction of sp³-hybridized carbons (Fsp3) is 0.625. The molecule has 174 valence electrons. The molecule has 3 aliphatic heterocycles. The van der Waals surface area contributed by atoms with Crippen LogP contribution in [0.15, 0.2) is 24.3 Å². The summed E-state index contributed by atoms with van der Waals surface area (Å²) in [5.74, 6) is 0.0434. The Kier molecular flexibility index (Phi) is 7.29. The van der Waals surface area contributed by atoms with Crippen molar-refractivity contribution in [1.29, 1.82) is 0 Å². The summed E-state index contributed by atoms with van der Waals surface area (Å²) in [5.41, 5.74) is 7.31. The van der Waals surface area contributed by atoms with Gasteiger partial charge in [-0.15, -0.1) is 0 Å². The maximum atomic E-state index is 12.8. The van der Waals surface area contributed by atoms with Crippen molar-refractivity contribution in [1.82, 2.24) is 14.7 Å². The molecule has 3 saturated heterocycles. The third kappa shape index (κ3) is 5.41. The van der Waals surface area contributed by atoms with Crippen LogP contribution >= 0.6 is 0 Å². The molecular formula is C24H35N5O3. The maximum Gasteiger partial charge on any atom is 0.321 e. The van der Waals surface area contributed by atoms with Crippen LogP contribution in [0.4, 0.5) is 10.5 Å². The topological polar surface area (TPSA) is 99.0 Å². The van der Waals surface area contributed by atoms with Crippen LogP contribution in [0.3, 0.4) is 0 Å². The molecule has 32 heavy (non-hydrogen) atoms. The number of likely N-dealkylation sites (tertiary alicyclic amines) is 3. The van der Waals surface area contributed by atoms with Crippen LogP contribution in [0.2, 0.25) is 0 Å². The average molecular weight is 442 g/mol. The highest BCUT2D eigenvalue weighted by Crippen LogP contribution is 2.24. The lowest BCUT2D eigenvalue weighted by Crippen LogP contribution is -2.46. The van der Waals surface area contributed by atoms with Gasteiger partial charge in [0.1, 0.15) is 0 Å². The Bertz CT molecular complexity index is 831. The highest BCUT2D eigenvalue weighted by molar-refractivity contribution is 5.89. The van der Waals surface area contributed by atoms with E-state index < -0.39 is 0 Å². The number of rotatable bonds is 5. The lowest BCUT2D eigenvalue weighted by molar-refractivity contribution is -0.137. The number of hydrogen-bond acceptors (Lipinski definition) is 4. The summed E-state index contributed by atoms with van der Waals surface area (Å²) in [6.07, 6.45) is 6.66. The van der Waals surface area contributed by atoms with E-state index in [0.29, 0.717) is 19.6 Å². The zero-order valence-electron chi connectivity index (χ0n) is 18.8. The van der Waals surface area contributed by atoms with Gasteiger partial charge in [-0.3, -0.25) is 14.5 Å². The SMILES string of the molecule is NC(=O)C1CCCN1Cc1cccc(NC(=O)N2CCC(C(=O)N3CCCCC3)CC2)c1. The van der Waals surface area contributed by atoms with E-state index in [9.17, 15) is 14.4 Å². The van der Waals surface area contributed by atoms with E-state index in [2.05, 4.69) is 10.2 Å². The van der Waals surface area contributed by atoms with Crippen molar-refractivity contribution in [2.75, 3.05) is 38.0 Å². The van der Waals surface area contributed by atoms with Gasteiger partial charge in [0.25, 0.3) is 0 Å². The molecule has 0 aliphatic carbocycles. The number of carbonyl (C=O) groups excluding carboxylic acids is 3. The van der Waals surface area contributed by atoms with Crippen LogP contribution in [-0.4, -0.2) is 71.3 Å². The molecule has 0 bridgehead atoms. The summed E-state index contributed by atoms with van der Waals surface area (Å²) in [4.78, 5) is 43.1. The van der Waals surface area contributed by atoms with Crippen molar-refractivity contribution in [2.24, 2.45) is 11.7 Å². The Morgan fingerprint density at radius 3 is 2.38 bits per heavy atom. The Hall–Kier alpha value is -2.61. The van der Waals surface area contributed by atoms with Crippen LogP contribution in [-0.2, 0) is 16.1 Å². The van der Waals surface area contributed by atoms with Gasteiger partial charge in [-0.1, -0.05) is 12.1 Å². The van der Waals surface area contributed by atoms with E-state index in [1.165, 1.54) is 6.42 Å². The molecule has 8 heteroatoms. The van der Waals surface area contributed by atoms with E-state index in [1.54, 1.807) is 4.90 Å². The number of amides is 4. The maximum absolute atomic E-state index is 12.8. The fourth-order valence-corrected chi connectivity index (χ4v) is 5.22. The summed E-state index contributed by atoms with van der Waals surface area (Å²) in [5, 5.41) is 3.00. The van der Waals surface area contributed by atoms with Gasteiger partial charge in [0, 0.05) is 44.3 Å². The standard InChI is InChI=1S/C24H35N5O3/c25-22(30)21-8-5-13-29(21)17-18-6-4-7-20(16-18)26-24(32)28-14-9-19(10-15-28)23(31)27-11-2-1-3-12-27/h4,6-7,16,19,21H,1-3,5,8-15,17H2,(H2,25,30)(H,26,32). The first-order valence-corrected chi connectivity index (χ1v) is 12.0. The molecule has 4 amide bonds. The van der Waals surface area contributed by atoms with Crippen molar-refractivity contribution >= 4 is 23.5 Å². The van der Waals surface area contributed by atoms with Crippen LogP contribution in [0.1, 0.15) is 50.5 Å². The molecule has 1 aromatic rings. The van der Waals surface area contributed by atoms with Crippen molar-refractivity contribution < 1.29 is 14.4 Å². The third-order valence-electron chi connectivity index (χ3n) is 7.06. The van der Waals surface area contributed by atoms with Gasteiger partial charge < -0.3 is 20.9 Å². The Balaban J connectivity index is 1.27. The van der Waals surface area contributed by atoms with Crippen LogP contribution in [0, 0.1) is 5.92 Å². The number of carbonyl (C=O) groups is 3. The normalized spacial score (nSPS) is 22.7. The highest BCUT2D eigenvalue weighted by atomic mass is 16.2. The lowest BCUT2D eigenvalue weighted by atomic mass is 9.94. The minimum atomic E-state index is -0.269. The lowest BCUT2D eigenvalue weighted by Gasteiger charge is -2.35. The van der Waals surface area contributed by atoms with Gasteiger partial charge >= 0.3 is 6.03 Å². The van der Waals surface area contributed by atoms with Crippen LogP contribution < -0.4 is 11.1 Å². The summed E-state index contributed by atoms with van der Waals surface area (Å²) >= 11 is 0. The number of nitrogens with two attached hydrogens (primary N) is 1. The second-order valence-corrected chi connectivity index (χ2v) is 9.31. The van der Waals surface area contributed by atoms with Crippen LogP contribution in [0.25, 0.3) is 0 Å². The molecule has 3 N–H and O–H groups in total. The molecule has 0 spiro atoms. The number of hydrogen-bond donors (Lipinski definition) is 2. The van der Waals surface area contributed by atoms with Gasteiger partial charge in [0.15, 0.2) is 0 Å². The molecule has 0 aromatic heterocycles. The molecule has 1 unspecified atom stereocenters. The summed E-state index contributed by atoms with van der Waals surface area (Å²) in [6, 6.07) is 7.43. The number of benzene rings is 1. The number of piperidine rings is 2. The number of urea groups is 1. The second kappa shape index (κ2) is 10.3. The first kappa shape index (κ1) is 22.6. The average Bonchev–Trinajstić information content (AvgIpc) is 3.28. The Morgan fingerprint density at radius 1 is 0.906 bits per heavy atom. The molecule has 1 aromatic carbocycles. The smallest absolute Gasteiger partial charge is 0.321 e. The van der Waals surface area contributed by atoms with E-state index in [1.807, 2.05) is 29.2 Å². The van der Waals surface area contributed by atoms with Gasteiger partial charge in [-0.2, -0.15) is 0 Å². The number of anilines is 1. The molecule has 0 saturated carbocycles. The molecular weight excluding hydrogens is 406 g/mol. The van der Waals surface area contributed by atoms with Crippen molar-refractivity contribution in [3.63, 3.8) is 0 Å². The van der Waals surface area contributed by atoms with Gasteiger partial charge in [-0.05, 0) is 69.2 Å². The summed E-state index contributed by atoms with van der Waals surface area (Å²) < 4.78 is 0. The quantitative estimate of drug-likeness (QED) is 0.733. The molecule has 4 rings (SSSR count). The molecule has 3 aliphatic rings. The third-order valence-corrected chi connectivity index (χ3v) is 7.06. The largest absolute Gasteiger partial charge is 0.368 e. The van der Waals surface area contributed by atoms with Gasteiger partial charge in [0.2, 0.25) is 11.8 Å².